The highest BCUT2D eigenvalue weighted by molar-refractivity contribution is 6.15. The van der Waals surface area contributed by atoms with E-state index in [0.717, 1.165) is 11.1 Å². The molecule has 0 spiro atoms. The lowest BCUT2D eigenvalue weighted by atomic mass is 9.93. The highest BCUT2D eigenvalue weighted by Gasteiger charge is 2.27. The second kappa shape index (κ2) is 28.1. The van der Waals surface area contributed by atoms with Crippen LogP contribution in [-0.4, -0.2) is 24.1 Å². The van der Waals surface area contributed by atoms with Gasteiger partial charge in [-0.2, -0.15) is 36.8 Å². The minimum atomic E-state index is 0.0781. The maximum absolute atomic E-state index is 10.7. The van der Waals surface area contributed by atoms with E-state index >= 15 is 0 Å². The topological polar surface area (TPSA) is 241 Å². The van der Waals surface area contributed by atoms with Crippen molar-refractivity contribution in [2.45, 2.75) is 0 Å². The van der Waals surface area contributed by atoms with Gasteiger partial charge >= 0.3 is 0 Å². The molecule has 0 saturated carbocycles. The third-order valence-electron chi connectivity index (χ3n) is 19.7. The third kappa shape index (κ3) is 11.5. The molecule has 13 aromatic carbocycles. The summed E-state index contributed by atoms with van der Waals surface area (Å²) in [5.41, 5.74) is 12.8. The van der Waals surface area contributed by atoms with Gasteiger partial charge in [0.15, 0.2) is 51.6 Å². The van der Waals surface area contributed by atoms with Crippen molar-refractivity contribution in [2.24, 2.45) is 0 Å². The number of nitriles is 7. The summed E-state index contributed by atoms with van der Waals surface area (Å²) in [5.74, 6) is 1.15. The number of aromatic nitrogens is 5. The second-order valence-corrected chi connectivity index (χ2v) is 25.7. The first-order valence-electron chi connectivity index (χ1n) is 34.1. The van der Waals surface area contributed by atoms with E-state index in [1.807, 2.05) is 170 Å². The molecule has 16 rings (SSSR count). The van der Waals surface area contributed by atoms with Gasteiger partial charge in [-0.3, -0.25) is 0 Å². The van der Waals surface area contributed by atoms with Crippen molar-refractivity contribution in [1.82, 2.24) is 24.1 Å². The quantitative estimate of drug-likeness (QED) is 0.111. The molecule has 0 saturated heterocycles. The van der Waals surface area contributed by atoms with Crippen LogP contribution in [0.5, 0.6) is 0 Å². The van der Waals surface area contributed by atoms with E-state index < -0.39 is 0 Å². The molecule has 0 atom stereocenters. The van der Waals surface area contributed by atoms with Crippen LogP contribution in [0.3, 0.4) is 0 Å². The molecule has 0 amide bonds. The standard InChI is InChI=1S/C94H40N18/c1-102-69-39-68(53-101)91(81(46-69)107-6)63-25-29-85-74(44-63)73-41-60(88-65(50-98)33-54(47-95)36-78(88)104-3)22-28-84(73)111(85)82-32-26-64(94-109-92(57-15-9-7-10-16-57)108-93(110-94)58-17-11-8-12-18-58)45-71(82)59-21-27-83(72(40-59)70-19-13-14-20-77(70)103-2)112-86-30-23-61(89-66(51-99)34-55(48-96)37-79(89)105-4)42-75(86)76-43-62(24-31-87(76)112)90-67(52-100)35-56(49-97)38-80(90)106-5/h7-46H. The summed E-state index contributed by atoms with van der Waals surface area (Å²) in [5, 5.41) is 75.3. The average molecular weight is 1420 g/mol. The molecular formula is C94H40N18. The molecule has 3 heterocycles. The predicted octanol–water partition coefficient (Wildman–Crippen LogP) is 23.5. The zero-order valence-corrected chi connectivity index (χ0v) is 58.1. The van der Waals surface area contributed by atoms with E-state index in [2.05, 4.69) is 80.7 Å². The molecule has 3 aromatic heterocycles. The van der Waals surface area contributed by atoms with Gasteiger partial charge in [0.1, 0.15) is 0 Å². The molecule has 0 fully saturated rings. The Balaban J connectivity index is 1.02. The van der Waals surface area contributed by atoms with Crippen LogP contribution in [0, 0.1) is 119 Å². The Hall–Kier alpha value is -18.2. The fraction of sp³-hybridized carbons (Fsp3) is 0. The fourth-order valence-corrected chi connectivity index (χ4v) is 14.8. The van der Waals surface area contributed by atoms with Crippen molar-refractivity contribution in [2.75, 3.05) is 0 Å². The Morgan fingerprint density at radius 2 is 0.580 bits per heavy atom. The minimum absolute atomic E-state index is 0.0781. The molecule has 16 aromatic rings. The number of hydrogen-bond donors (Lipinski definition) is 0. The fourth-order valence-electron chi connectivity index (χ4n) is 14.8. The minimum Gasteiger partial charge on any atom is -0.309 e. The van der Waals surface area contributed by atoms with Gasteiger partial charge in [0, 0.05) is 88.3 Å². The molecule has 0 bridgehead atoms. The van der Waals surface area contributed by atoms with Crippen LogP contribution in [0.25, 0.3) is 185 Å². The summed E-state index contributed by atoms with van der Waals surface area (Å²) in [6, 6.07) is 87.2. The first-order valence-corrected chi connectivity index (χ1v) is 34.1. The van der Waals surface area contributed by atoms with Gasteiger partial charge in [-0.15, -0.1) is 0 Å². The largest absolute Gasteiger partial charge is 0.309 e. The summed E-state index contributed by atoms with van der Waals surface area (Å²) in [6.45, 7) is 49.9. The van der Waals surface area contributed by atoms with Crippen LogP contribution in [0.1, 0.15) is 38.9 Å². The van der Waals surface area contributed by atoms with Crippen molar-refractivity contribution < 1.29 is 0 Å². The van der Waals surface area contributed by atoms with Crippen molar-refractivity contribution in [3.05, 3.63) is 350 Å². The highest BCUT2D eigenvalue weighted by atomic mass is 15.0. The summed E-state index contributed by atoms with van der Waals surface area (Å²) in [7, 11) is 0. The van der Waals surface area contributed by atoms with E-state index in [0.29, 0.717) is 150 Å². The smallest absolute Gasteiger partial charge is 0.197 e. The summed E-state index contributed by atoms with van der Waals surface area (Å²) in [6.07, 6.45) is 0. The normalized spacial score (nSPS) is 10.6. The van der Waals surface area contributed by atoms with Gasteiger partial charge in [0.25, 0.3) is 0 Å². The second-order valence-electron chi connectivity index (χ2n) is 25.7. The van der Waals surface area contributed by atoms with Crippen LogP contribution in [-0.2, 0) is 0 Å². The Morgan fingerprint density at radius 1 is 0.250 bits per heavy atom. The van der Waals surface area contributed by atoms with E-state index in [1.54, 1.807) is 24.3 Å². The Bertz CT molecular complexity index is 6990. The molecule has 0 aliphatic rings. The summed E-state index contributed by atoms with van der Waals surface area (Å²) < 4.78 is 4.13. The van der Waals surface area contributed by atoms with Crippen molar-refractivity contribution in [3.8, 4) is 155 Å². The zero-order chi connectivity index (χ0) is 77.4. The first-order chi connectivity index (χ1) is 54.9. The van der Waals surface area contributed by atoms with Crippen LogP contribution >= 0.6 is 0 Å². The molecule has 18 heteroatoms. The number of nitrogens with zero attached hydrogens (tertiary/aromatic N) is 18. The van der Waals surface area contributed by atoms with E-state index in [4.69, 9.17) is 54.4 Å². The maximum atomic E-state index is 10.7. The Morgan fingerprint density at radius 3 is 0.955 bits per heavy atom. The summed E-state index contributed by atoms with van der Waals surface area (Å²) >= 11 is 0. The van der Waals surface area contributed by atoms with E-state index in [-0.39, 0.29) is 67.4 Å². The van der Waals surface area contributed by atoms with E-state index in [9.17, 15) is 36.8 Å². The van der Waals surface area contributed by atoms with E-state index in [1.165, 1.54) is 48.5 Å². The van der Waals surface area contributed by atoms with Gasteiger partial charge < -0.3 is 9.13 Å². The monoisotopic (exact) mass is 1420 g/mol. The maximum Gasteiger partial charge on any atom is 0.197 e. The Labute approximate surface area is 639 Å². The predicted molar refractivity (Wildman–Crippen MR) is 428 cm³/mol. The SMILES string of the molecule is [C-]#[N+]c1cc(C#N)c(-c2ccc3c(c2)c2cc(-c4c(C#N)cc(C#N)cc4[N+]#[C-])ccc2n3-c2ccc(-c3nc(-c4ccccc4)nc(-c4ccccc4)n3)cc2-c2ccc(-n3c4ccc(-c5c(C#N)cc(C#N)cc5[N+]#[C-])cc4c4cc(-c5c(C#N)cc(C#N)cc5[N+]#[C-])ccc43)c(-c3ccccc3[N+]#[C-])c2)c([N+]#[C-])c1. The van der Waals surface area contributed by atoms with Gasteiger partial charge in [-0.25, -0.2) is 44.0 Å². The molecule has 0 aliphatic carbocycles. The lowest BCUT2D eigenvalue weighted by molar-refractivity contribution is 1.07. The third-order valence-corrected chi connectivity index (χ3v) is 19.7. The van der Waals surface area contributed by atoms with Gasteiger partial charge in [0.2, 0.25) is 0 Å². The molecule has 112 heavy (non-hydrogen) atoms. The van der Waals surface area contributed by atoms with Crippen molar-refractivity contribution >= 4 is 77.7 Å². The number of benzene rings is 13. The van der Waals surface area contributed by atoms with Crippen LogP contribution in [0.2, 0.25) is 0 Å². The number of rotatable bonds is 11. The molecule has 0 aliphatic heterocycles. The molecule has 0 unspecified atom stereocenters. The van der Waals surface area contributed by atoms with Gasteiger partial charge in [-0.05, 0) is 160 Å². The molecule has 0 radical (unpaired) electrons. The first kappa shape index (κ1) is 68.3. The number of para-hydroxylation sites is 1. The molecule has 18 nitrogen and oxygen atoms in total. The molecular weight excluding hydrogens is 1380 g/mol. The lowest BCUT2D eigenvalue weighted by Crippen LogP contribution is -2.02. The van der Waals surface area contributed by atoms with Crippen LogP contribution in [0.4, 0.5) is 34.1 Å². The summed E-state index contributed by atoms with van der Waals surface area (Å²) in [4.78, 5) is 38.4. The van der Waals surface area contributed by atoms with Crippen molar-refractivity contribution in [1.29, 1.82) is 36.8 Å². The number of fused-ring (bicyclic) bond motifs is 6. The highest BCUT2D eigenvalue weighted by Crippen LogP contribution is 2.50. The van der Waals surface area contributed by atoms with Crippen molar-refractivity contribution in [3.63, 3.8) is 0 Å². The molecule has 506 valence electrons. The Kier molecular flexibility index (Phi) is 17.1. The number of hydrogen-bond acceptors (Lipinski definition) is 10. The van der Waals surface area contributed by atoms with Gasteiger partial charge in [0.05, 0.1) is 132 Å². The lowest BCUT2D eigenvalue weighted by Gasteiger charge is -2.20. The van der Waals surface area contributed by atoms with Gasteiger partial charge in [-0.1, -0.05) is 121 Å². The van der Waals surface area contributed by atoms with Crippen LogP contribution in [0.15, 0.2) is 243 Å². The molecule has 0 N–H and O–H groups in total. The average Bonchev–Trinajstić information content (AvgIpc) is 1.56. The van der Waals surface area contributed by atoms with Crippen LogP contribution < -0.4 is 0 Å². The zero-order valence-electron chi connectivity index (χ0n) is 58.1.